The molecular formula is C16H19BrN2. The highest BCUT2D eigenvalue weighted by Gasteiger charge is 2.14. The molecule has 2 aromatic rings. The summed E-state index contributed by atoms with van der Waals surface area (Å²) in [5, 5.41) is 3.64. The van der Waals surface area contributed by atoms with E-state index in [-0.39, 0.29) is 6.04 Å². The van der Waals surface area contributed by atoms with Gasteiger partial charge in [-0.15, -0.1) is 0 Å². The van der Waals surface area contributed by atoms with Crippen LogP contribution in [0.15, 0.2) is 53.1 Å². The zero-order valence-corrected chi connectivity index (χ0v) is 12.9. The van der Waals surface area contributed by atoms with Crippen molar-refractivity contribution in [3.63, 3.8) is 0 Å². The van der Waals surface area contributed by atoms with Crippen molar-refractivity contribution in [3.05, 3.63) is 64.4 Å². The molecule has 100 valence electrons. The van der Waals surface area contributed by atoms with Gasteiger partial charge in [-0.1, -0.05) is 41.1 Å². The summed E-state index contributed by atoms with van der Waals surface area (Å²) in [7, 11) is 0. The molecule has 2 rings (SSSR count). The summed E-state index contributed by atoms with van der Waals surface area (Å²) in [5.41, 5.74) is 2.38. The van der Waals surface area contributed by atoms with E-state index in [9.17, 15) is 0 Å². The summed E-state index contributed by atoms with van der Waals surface area (Å²) in [6.07, 6.45) is 2.89. The molecule has 0 bridgehead atoms. The molecule has 1 aromatic carbocycles. The minimum Gasteiger partial charge on any atom is -0.302 e. The Bertz CT molecular complexity index is 513. The number of halogens is 1. The lowest BCUT2D eigenvalue weighted by atomic mass is 10.0. The van der Waals surface area contributed by atoms with E-state index in [1.54, 1.807) is 0 Å². The second-order valence-corrected chi connectivity index (χ2v) is 5.57. The van der Waals surface area contributed by atoms with E-state index in [4.69, 9.17) is 0 Å². The molecule has 0 fully saturated rings. The van der Waals surface area contributed by atoms with Gasteiger partial charge in [0.2, 0.25) is 0 Å². The van der Waals surface area contributed by atoms with Gasteiger partial charge in [0.1, 0.15) is 0 Å². The Morgan fingerprint density at radius 3 is 2.68 bits per heavy atom. The number of hydrogen-bond acceptors (Lipinski definition) is 2. The molecule has 0 saturated heterocycles. The highest BCUT2D eigenvalue weighted by Crippen LogP contribution is 2.23. The van der Waals surface area contributed by atoms with Gasteiger partial charge in [-0.05, 0) is 43.2 Å². The maximum Gasteiger partial charge on any atom is 0.0570 e. The third kappa shape index (κ3) is 3.88. The number of benzene rings is 1. The van der Waals surface area contributed by atoms with Crippen molar-refractivity contribution >= 4 is 15.9 Å². The van der Waals surface area contributed by atoms with Crippen LogP contribution in [0, 0.1) is 0 Å². The van der Waals surface area contributed by atoms with Crippen molar-refractivity contribution < 1.29 is 0 Å². The molecule has 3 heteroatoms. The maximum absolute atomic E-state index is 4.41. The lowest BCUT2D eigenvalue weighted by Gasteiger charge is -2.22. The van der Waals surface area contributed by atoms with Gasteiger partial charge in [0.15, 0.2) is 0 Å². The Labute approximate surface area is 123 Å². The van der Waals surface area contributed by atoms with Crippen molar-refractivity contribution in [2.75, 3.05) is 0 Å². The molecule has 1 aromatic heterocycles. The Morgan fingerprint density at radius 1 is 1.21 bits per heavy atom. The van der Waals surface area contributed by atoms with Crippen LogP contribution >= 0.6 is 15.9 Å². The minimum absolute atomic E-state index is 0.241. The van der Waals surface area contributed by atoms with Gasteiger partial charge in [-0.3, -0.25) is 4.98 Å². The molecule has 0 saturated carbocycles. The van der Waals surface area contributed by atoms with Gasteiger partial charge in [0, 0.05) is 22.8 Å². The van der Waals surface area contributed by atoms with Crippen molar-refractivity contribution in [1.29, 1.82) is 0 Å². The smallest absolute Gasteiger partial charge is 0.0570 e. The number of rotatable bonds is 5. The van der Waals surface area contributed by atoms with Crippen molar-refractivity contribution in [2.45, 2.75) is 32.4 Å². The zero-order chi connectivity index (χ0) is 13.7. The number of hydrogen-bond donors (Lipinski definition) is 1. The van der Waals surface area contributed by atoms with Crippen LogP contribution in [0.25, 0.3) is 0 Å². The SMILES string of the molecule is CCC(N[C@H](C)c1ccccn1)c1cccc(Br)c1. The molecule has 0 spiro atoms. The molecule has 2 atom stereocenters. The first kappa shape index (κ1) is 14.2. The third-order valence-corrected chi connectivity index (χ3v) is 3.74. The molecule has 1 unspecified atom stereocenters. The molecule has 0 aliphatic heterocycles. The third-order valence-electron chi connectivity index (χ3n) is 3.24. The standard InChI is InChI=1S/C16H19BrN2/c1-3-15(13-7-6-8-14(17)11-13)19-12(2)16-9-4-5-10-18-16/h4-12,15,19H,3H2,1-2H3/t12-,15?/m1/s1. The summed E-state index contributed by atoms with van der Waals surface area (Å²) >= 11 is 3.53. The molecule has 1 heterocycles. The normalized spacial score (nSPS) is 14.1. The number of nitrogens with one attached hydrogen (secondary N) is 1. The van der Waals surface area contributed by atoms with Crippen LogP contribution in [0.2, 0.25) is 0 Å². The summed E-state index contributed by atoms with van der Waals surface area (Å²) in [5.74, 6) is 0. The van der Waals surface area contributed by atoms with Crippen LogP contribution in [-0.4, -0.2) is 4.98 Å². The molecular weight excluding hydrogens is 300 g/mol. The maximum atomic E-state index is 4.41. The van der Waals surface area contributed by atoms with Crippen molar-refractivity contribution in [2.24, 2.45) is 0 Å². The first-order valence-corrected chi connectivity index (χ1v) is 7.42. The van der Waals surface area contributed by atoms with Gasteiger partial charge < -0.3 is 5.32 Å². The Morgan fingerprint density at radius 2 is 2.05 bits per heavy atom. The molecule has 2 nitrogen and oxygen atoms in total. The monoisotopic (exact) mass is 318 g/mol. The predicted molar refractivity (Wildman–Crippen MR) is 83.0 cm³/mol. The molecule has 1 N–H and O–H groups in total. The van der Waals surface area contributed by atoms with E-state index in [1.165, 1.54) is 5.56 Å². The fourth-order valence-corrected chi connectivity index (χ4v) is 2.61. The highest BCUT2D eigenvalue weighted by atomic mass is 79.9. The van der Waals surface area contributed by atoms with E-state index < -0.39 is 0 Å². The molecule has 0 amide bonds. The summed E-state index contributed by atoms with van der Waals surface area (Å²) in [4.78, 5) is 4.41. The van der Waals surface area contributed by atoms with Crippen LogP contribution in [0.1, 0.15) is 43.6 Å². The average Bonchev–Trinajstić information content (AvgIpc) is 2.45. The van der Waals surface area contributed by atoms with Crippen molar-refractivity contribution in [3.8, 4) is 0 Å². The van der Waals surface area contributed by atoms with E-state index in [2.05, 4.69) is 70.4 Å². The van der Waals surface area contributed by atoms with Gasteiger partial charge in [-0.25, -0.2) is 0 Å². The summed E-state index contributed by atoms with van der Waals surface area (Å²) < 4.78 is 1.12. The number of aromatic nitrogens is 1. The lowest BCUT2D eigenvalue weighted by molar-refractivity contribution is 0.450. The van der Waals surface area contributed by atoms with Crippen LogP contribution < -0.4 is 5.32 Å². The van der Waals surface area contributed by atoms with Crippen molar-refractivity contribution in [1.82, 2.24) is 10.3 Å². The fourth-order valence-electron chi connectivity index (χ4n) is 2.19. The molecule has 0 aliphatic rings. The fraction of sp³-hybridized carbons (Fsp3) is 0.312. The lowest BCUT2D eigenvalue weighted by Crippen LogP contribution is -2.24. The topological polar surface area (TPSA) is 24.9 Å². The van der Waals surface area contributed by atoms with E-state index in [1.807, 2.05) is 18.3 Å². The molecule has 0 aliphatic carbocycles. The summed E-state index contributed by atoms with van der Waals surface area (Å²) in [6, 6.07) is 15.1. The first-order valence-electron chi connectivity index (χ1n) is 6.63. The Kier molecular flexibility index (Phi) is 5.11. The molecule has 0 radical (unpaired) electrons. The summed E-state index contributed by atoms with van der Waals surface area (Å²) in [6.45, 7) is 4.35. The van der Waals surface area contributed by atoms with E-state index in [0.29, 0.717) is 6.04 Å². The van der Waals surface area contributed by atoms with Crippen LogP contribution in [0.5, 0.6) is 0 Å². The minimum atomic E-state index is 0.241. The first-order chi connectivity index (χ1) is 9.20. The van der Waals surface area contributed by atoms with Crippen LogP contribution in [0.3, 0.4) is 0 Å². The highest BCUT2D eigenvalue weighted by molar-refractivity contribution is 9.10. The average molecular weight is 319 g/mol. The van der Waals surface area contributed by atoms with Gasteiger partial charge in [-0.2, -0.15) is 0 Å². The number of pyridine rings is 1. The van der Waals surface area contributed by atoms with Crippen LogP contribution in [-0.2, 0) is 0 Å². The second kappa shape index (κ2) is 6.83. The van der Waals surface area contributed by atoms with Crippen LogP contribution in [0.4, 0.5) is 0 Å². The quantitative estimate of drug-likeness (QED) is 0.868. The predicted octanol–water partition coefficient (Wildman–Crippen LogP) is 4.65. The zero-order valence-electron chi connectivity index (χ0n) is 11.3. The van der Waals surface area contributed by atoms with Gasteiger partial charge in [0.25, 0.3) is 0 Å². The van der Waals surface area contributed by atoms with E-state index >= 15 is 0 Å². The second-order valence-electron chi connectivity index (χ2n) is 4.66. The van der Waals surface area contributed by atoms with Gasteiger partial charge in [0.05, 0.1) is 5.69 Å². The Balaban J connectivity index is 2.11. The van der Waals surface area contributed by atoms with Gasteiger partial charge >= 0.3 is 0 Å². The molecule has 19 heavy (non-hydrogen) atoms. The Hall–Kier alpha value is -1.19. The number of nitrogens with zero attached hydrogens (tertiary/aromatic N) is 1. The van der Waals surface area contributed by atoms with E-state index in [0.717, 1.165) is 16.6 Å². The largest absolute Gasteiger partial charge is 0.302 e.